The number of hydrogen-bond donors (Lipinski definition) is 1. The quantitative estimate of drug-likeness (QED) is 0.218. The van der Waals surface area contributed by atoms with Crippen molar-refractivity contribution in [3.05, 3.63) is 107 Å². The van der Waals surface area contributed by atoms with Crippen LogP contribution >= 0.6 is 12.2 Å². The molecular formula is C26H23N5O3S. The molecule has 9 heteroatoms. The van der Waals surface area contributed by atoms with E-state index in [1.807, 2.05) is 78.5 Å². The molecular weight excluding hydrogens is 462 g/mol. The Morgan fingerprint density at radius 1 is 1.06 bits per heavy atom. The molecule has 1 aliphatic rings. The molecule has 3 heterocycles. The highest BCUT2D eigenvalue weighted by atomic mass is 32.1. The number of hydrogen-bond acceptors (Lipinski definition) is 6. The monoisotopic (exact) mass is 485 g/mol. The maximum absolute atomic E-state index is 11.2. The number of benzene rings is 2. The van der Waals surface area contributed by atoms with Crippen LogP contribution in [0.25, 0.3) is 11.3 Å². The van der Waals surface area contributed by atoms with Crippen molar-refractivity contribution in [2.24, 2.45) is 0 Å². The van der Waals surface area contributed by atoms with Gasteiger partial charge in [-0.15, -0.1) is 0 Å². The molecule has 1 N–H and O–H groups in total. The van der Waals surface area contributed by atoms with Gasteiger partial charge in [0.25, 0.3) is 5.69 Å². The third-order valence-electron chi connectivity index (χ3n) is 6.00. The summed E-state index contributed by atoms with van der Waals surface area (Å²) in [6, 6.07) is 23.5. The van der Waals surface area contributed by atoms with Gasteiger partial charge >= 0.3 is 0 Å². The van der Waals surface area contributed by atoms with Crippen molar-refractivity contribution in [3.8, 4) is 11.3 Å². The molecule has 4 aromatic rings. The summed E-state index contributed by atoms with van der Waals surface area (Å²) in [6.07, 6.45) is 1.75. The molecule has 176 valence electrons. The lowest BCUT2D eigenvalue weighted by molar-refractivity contribution is -0.384. The van der Waals surface area contributed by atoms with Crippen molar-refractivity contribution in [2.45, 2.75) is 12.1 Å². The predicted molar refractivity (Wildman–Crippen MR) is 139 cm³/mol. The summed E-state index contributed by atoms with van der Waals surface area (Å²) in [5, 5.41) is 15.2. The number of pyridine rings is 1. The fraction of sp³-hybridized carbons (Fsp3) is 0.154. The van der Waals surface area contributed by atoms with Crippen molar-refractivity contribution < 1.29 is 9.34 Å². The third kappa shape index (κ3) is 4.33. The molecule has 8 nitrogen and oxygen atoms in total. The van der Waals surface area contributed by atoms with Gasteiger partial charge in [0, 0.05) is 49.4 Å². The minimum Gasteiger partial charge on any atom is -0.459 e. The first kappa shape index (κ1) is 22.5. The Hall–Kier alpha value is -4.24. The molecule has 1 fully saturated rings. The fourth-order valence-electron chi connectivity index (χ4n) is 4.27. The first-order chi connectivity index (χ1) is 16.9. The largest absolute Gasteiger partial charge is 0.459 e. The van der Waals surface area contributed by atoms with Crippen LogP contribution in [0.4, 0.5) is 17.1 Å². The Bertz CT molecular complexity index is 1370. The summed E-state index contributed by atoms with van der Waals surface area (Å²) >= 11 is 5.77. The van der Waals surface area contributed by atoms with E-state index in [1.54, 1.807) is 18.3 Å². The second kappa shape index (κ2) is 9.19. The molecule has 2 aromatic heterocycles. The number of nitrogens with one attached hydrogen (secondary N) is 1. The highest BCUT2D eigenvalue weighted by Crippen LogP contribution is 2.43. The van der Waals surface area contributed by atoms with E-state index in [4.69, 9.17) is 16.6 Å². The lowest BCUT2D eigenvalue weighted by Gasteiger charge is -2.26. The van der Waals surface area contributed by atoms with Crippen LogP contribution in [0.5, 0.6) is 0 Å². The van der Waals surface area contributed by atoms with Gasteiger partial charge in [0.2, 0.25) is 0 Å². The standard InChI is InChI=1S/C26H23N5O3S/c1-29(2)18-9-11-19(12-10-18)30-25(24(28-26(30)35)21-8-3-4-15-27-21)23-14-13-22(34-23)17-6-5-7-20(16-17)31(32)33/h3-16,24-25H,1-2H3,(H,28,35). The SMILES string of the molecule is CN(C)c1ccc(N2C(=S)NC(c3ccccn3)C2c2ccc(-c3cccc([N+](=O)[O-])c3)o2)cc1. The molecule has 0 radical (unpaired) electrons. The van der Waals surface area contributed by atoms with Gasteiger partial charge in [-0.05, 0) is 60.7 Å². The van der Waals surface area contributed by atoms with Gasteiger partial charge < -0.3 is 19.5 Å². The number of nitrogens with zero attached hydrogens (tertiary/aromatic N) is 4. The Balaban J connectivity index is 1.57. The maximum Gasteiger partial charge on any atom is 0.270 e. The molecule has 5 rings (SSSR count). The molecule has 0 aliphatic carbocycles. The molecule has 2 unspecified atom stereocenters. The van der Waals surface area contributed by atoms with E-state index >= 15 is 0 Å². The smallest absolute Gasteiger partial charge is 0.270 e. The van der Waals surface area contributed by atoms with Gasteiger partial charge in [-0.1, -0.05) is 18.2 Å². The van der Waals surface area contributed by atoms with Crippen LogP contribution in [-0.2, 0) is 0 Å². The van der Waals surface area contributed by atoms with Gasteiger partial charge in [-0.3, -0.25) is 15.1 Å². The molecule has 0 amide bonds. The first-order valence-electron chi connectivity index (χ1n) is 11.0. The molecule has 35 heavy (non-hydrogen) atoms. The number of non-ortho nitro benzene ring substituents is 1. The van der Waals surface area contributed by atoms with Crippen molar-refractivity contribution in [3.63, 3.8) is 0 Å². The summed E-state index contributed by atoms with van der Waals surface area (Å²) in [4.78, 5) is 19.5. The number of thiocarbonyl (C=S) groups is 1. The summed E-state index contributed by atoms with van der Waals surface area (Å²) in [5.74, 6) is 1.22. The van der Waals surface area contributed by atoms with Crippen LogP contribution in [0.2, 0.25) is 0 Å². The van der Waals surface area contributed by atoms with Gasteiger partial charge in [-0.25, -0.2) is 0 Å². The molecule has 0 saturated carbocycles. The molecule has 1 saturated heterocycles. The normalized spacial score (nSPS) is 17.3. The van der Waals surface area contributed by atoms with Crippen LogP contribution in [0, 0.1) is 10.1 Å². The molecule has 0 spiro atoms. The molecule has 1 aliphatic heterocycles. The summed E-state index contributed by atoms with van der Waals surface area (Å²) in [5.41, 5.74) is 3.48. The van der Waals surface area contributed by atoms with Crippen molar-refractivity contribution in [2.75, 3.05) is 23.9 Å². The van der Waals surface area contributed by atoms with Gasteiger partial charge in [0.1, 0.15) is 17.6 Å². The zero-order valence-corrected chi connectivity index (χ0v) is 20.0. The minimum atomic E-state index is -0.414. The number of anilines is 2. The van der Waals surface area contributed by atoms with Gasteiger partial charge in [-0.2, -0.15) is 0 Å². The lowest BCUT2D eigenvalue weighted by Crippen LogP contribution is -2.29. The van der Waals surface area contributed by atoms with E-state index in [9.17, 15) is 10.1 Å². The average molecular weight is 486 g/mol. The van der Waals surface area contributed by atoms with E-state index in [2.05, 4.69) is 10.3 Å². The van der Waals surface area contributed by atoms with Crippen LogP contribution in [0.1, 0.15) is 23.5 Å². The van der Waals surface area contributed by atoms with Crippen molar-refractivity contribution in [1.82, 2.24) is 10.3 Å². The Labute approximate surface area is 208 Å². The van der Waals surface area contributed by atoms with Crippen molar-refractivity contribution >= 4 is 34.4 Å². The number of aromatic nitrogens is 1. The number of rotatable bonds is 6. The summed E-state index contributed by atoms with van der Waals surface area (Å²) in [6.45, 7) is 0. The Kier molecular flexibility index (Phi) is 5.92. The minimum absolute atomic E-state index is 0.0122. The average Bonchev–Trinajstić information content (AvgIpc) is 3.49. The van der Waals surface area contributed by atoms with Crippen LogP contribution < -0.4 is 15.1 Å². The Morgan fingerprint density at radius 3 is 2.54 bits per heavy atom. The fourth-order valence-corrected chi connectivity index (χ4v) is 4.62. The zero-order chi connectivity index (χ0) is 24.5. The van der Waals surface area contributed by atoms with Crippen molar-refractivity contribution in [1.29, 1.82) is 0 Å². The van der Waals surface area contributed by atoms with E-state index in [1.165, 1.54) is 12.1 Å². The second-order valence-electron chi connectivity index (χ2n) is 8.42. The van der Waals surface area contributed by atoms with Crippen LogP contribution in [0.3, 0.4) is 0 Å². The lowest BCUT2D eigenvalue weighted by atomic mass is 10.0. The summed E-state index contributed by atoms with van der Waals surface area (Å²) < 4.78 is 6.30. The van der Waals surface area contributed by atoms with E-state index in [0.717, 1.165) is 17.1 Å². The molecule has 0 bridgehead atoms. The summed E-state index contributed by atoms with van der Waals surface area (Å²) in [7, 11) is 3.99. The second-order valence-corrected chi connectivity index (χ2v) is 8.80. The van der Waals surface area contributed by atoms with Gasteiger partial charge in [0.15, 0.2) is 5.11 Å². The highest BCUT2D eigenvalue weighted by Gasteiger charge is 2.42. The first-order valence-corrected chi connectivity index (χ1v) is 11.5. The molecule has 2 atom stereocenters. The van der Waals surface area contributed by atoms with E-state index in [-0.39, 0.29) is 17.8 Å². The number of nitro groups is 1. The number of nitro benzene ring substituents is 1. The highest BCUT2D eigenvalue weighted by molar-refractivity contribution is 7.80. The van der Waals surface area contributed by atoms with E-state index in [0.29, 0.717) is 22.2 Å². The number of furan rings is 1. The third-order valence-corrected chi connectivity index (χ3v) is 6.32. The molecule has 2 aromatic carbocycles. The zero-order valence-electron chi connectivity index (χ0n) is 19.2. The van der Waals surface area contributed by atoms with Crippen LogP contribution in [-0.4, -0.2) is 29.1 Å². The topological polar surface area (TPSA) is 87.7 Å². The van der Waals surface area contributed by atoms with Crippen LogP contribution in [0.15, 0.2) is 89.5 Å². The van der Waals surface area contributed by atoms with Gasteiger partial charge in [0.05, 0.1) is 16.7 Å². The maximum atomic E-state index is 11.2. The van der Waals surface area contributed by atoms with E-state index < -0.39 is 4.92 Å². The Morgan fingerprint density at radius 2 is 1.86 bits per heavy atom. The predicted octanol–water partition coefficient (Wildman–Crippen LogP) is 5.49.